The second-order valence-electron chi connectivity index (χ2n) is 4.71. The van der Waals surface area contributed by atoms with E-state index in [2.05, 4.69) is 5.32 Å². The highest BCUT2D eigenvalue weighted by Gasteiger charge is 2.53. The van der Waals surface area contributed by atoms with Crippen LogP contribution in [0.25, 0.3) is 0 Å². The summed E-state index contributed by atoms with van der Waals surface area (Å²) >= 11 is 12.2. The van der Waals surface area contributed by atoms with Gasteiger partial charge < -0.3 is 10.4 Å². The Morgan fingerprint density at radius 3 is 2.26 bits per heavy atom. The lowest BCUT2D eigenvalue weighted by Gasteiger charge is -2.20. The van der Waals surface area contributed by atoms with Gasteiger partial charge in [-0.1, -0.05) is 29.3 Å². The summed E-state index contributed by atoms with van der Waals surface area (Å²) in [6, 6.07) is 4.13. The van der Waals surface area contributed by atoms with Crippen molar-refractivity contribution in [2.75, 3.05) is 0 Å². The summed E-state index contributed by atoms with van der Waals surface area (Å²) in [5.74, 6) is -1.41. The summed E-state index contributed by atoms with van der Waals surface area (Å²) in [5.41, 5.74) is -0.188. The van der Waals surface area contributed by atoms with Crippen molar-refractivity contribution in [1.82, 2.24) is 5.32 Å². The van der Waals surface area contributed by atoms with E-state index in [-0.39, 0.29) is 5.91 Å². The first kappa shape index (κ1) is 14.2. The highest BCUT2D eigenvalue weighted by atomic mass is 35.5. The van der Waals surface area contributed by atoms with Crippen LogP contribution < -0.4 is 5.32 Å². The van der Waals surface area contributed by atoms with Gasteiger partial charge in [-0.3, -0.25) is 9.59 Å². The largest absolute Gasteiger partial charge is 0.480 e. The summed E-state index contributed by atoms with van der Waals surface area (Å²) in [6.07, 6.45) is 1.24. The third-order valence-corrected chi connectivity index (χ3v) is 3.97. The number of carbonyl (C=O) groups is 2. The van der Waals surface area contributed by atoms with Crippen LogP contribution in [0, 0.1) is 0 Å². The van der Waals surface area contributed by atoms with Crippen molar-refractivity contribution < 1.29 is 14.7 Å². The van der Waals surface area contributed by atoms with Crippen molar-refractivity contribution in [2.45, 2.75) is 31.2 Å². The van der Waals surface area contributed by atoms with E-state index in [4.69, 9.17) is 28.3 Å². The molecule has 1 aliphatic carbocycles. The van der Waals surface area contributed by atoms with Crippen LogP contribution in [0.1, 0.15) is 25.3 Å². The number of hydrogen-bond donors (Lipinski definition) is 2. The second kappa shape index (κ2) is 5.02. The van der Waals surface area contributed by atoms with Crippen LogP contribution in [-0.4, -0.2) is 23.0 Å². The van der Waals surface area contributed by atoms with Gasteiger partial charge in [0, 0.05) is 15.6 Å². The number of benzene rings is 1. The predicted octanol–water partition coefficient (Wildman–Crippen LogP) is 2.61. The molecule has 1 atom stereocenters. The Morgan fingerprint density at radius 2 is 1.84 bits per heavy atom. The summed E-state index contributed by atoms with van der Waals surface area (Å²) < 4.78 is 0. The van der Waals surface area contributed by atoms with Gasteiger partial charge in [0.2, 0.25) is 5.91 Å². The first-order valence-electron chi connectivity index (χ1n) is 5.87. The number of hydrogen-bond acceptors (Lipinski definition) is 2. The lowest BCUT2D eigenvalue weighted by atomic mass is 9.94. The highest BCUT2D eigenvalue weighted by Crippen LogP contribution is 2.53. The highest BCUT2D eigenvalue weighted by molar-refractivity contribution is 6.36. The first-order chi connectivity index (χ1) is 8.88. The topological polar surface area (TPSA) is 66.4 Å². The average molecular weight is 302 g/mol. The zero-order valence-electron chi connectivity index (χ0n) is 10.2. The Balaban J connectivity index is 2.29. The molecule has 1 fully saturated rings. The Hall–Kier alpha value is -1.26. The van der Waals surface area contributed by atoms with Gasteiger partial charge in [0.1, 0.15) is 6.04 Å². The Bertz CT molecular complexity index is 520. The molecule has 102 valence electrons. The number of carbonyl (C=O) groups excluding carboxylic acids is 1. The van der Waals surface area contributed by atoms with E-state index in [0.717, 1.165) is 0 Å². The molecule has 0 unspecified atom stereocenters. The molecule has 2 N–H and O–H groups in total. The summed E-state index contributed by atoms with van der Waals surface area (Å²) in [6.45, 7) is 1.42. The van der Waals surface area contributed by atoms with Crippen LogP contribution in [0.5, 0.6) is 0 Å². The molecular weight excluding hydrogens is 289 g/mol. The van der Waals surface area contributed by atoms with Gasteiger partial charge in [-0.05, 0) is 31.9 Å². The zero-order valence-corrected chi connectivity index (χ0v) is 11.8. The van der Waals surface area contributed by atoms with Crippen LogP contribution in [0.3, 0.4) is 0 Å². The average Bonchev–Trinajstić information content (AvgIpc) is 3.10. The van der Waals surface area contributed by atoms with Gasteiger partial charge in [0.15, 0.2) is 0 Å². The van der Waals surface area contributed by atoms with E-state index in [0.29, 0.717) is 28.5 Å². The lowest BCUT2D eigenvalue weighted by Crippen LogP contribution is -2.44. The maximum absolute atomic E-state index is 12.3. The number of amides is 1. The molecule has 1 amide bonds. The van der Waals surface area contributed by atoms with E-state index < -0.39 is 17.4 Å². The predicted molar refractivity (Wildman–Crippen MR) is 72.6 cm³/mol. The van der Waals surface area contributed by atoms with Crippen LogP contribution in [0.15, 0.2) is 18.2 Å². The molecular formula is C13H13Cl2NO3. The summed E-state index contributed by atoms with van der Waals surface area (Å²) in [4.78, 5) is 23.0. The molecule has 1 aromatic carbocycles. The maximum atomic E-state index is 12.3. The smallest absolute Gasteiger partial charge is 0.325 e. The van der Waals surface area contributed by atoms with Gasteiger partial charge in [-0.15, -0.1) is 0 Å². The molecule has 19 heavy (non-hydrogen) atoms. The molecule has 0 aromatic heterocycles. The van der Waals surface area contributed by atoms with Crippen molar-refractivity contribution >= 4 is 35.1 Å². The molecule has 0 saturated heterocycles. The van der Waals surface area contributed by atoms with Gasteiger partial charge in [0.05, 0.1) is 5.41 Å². The monoisotopic (exact) mass is 301 g/mol. The summed E-state index contributed by atoms with van der Waals surface area (Å²) in [7, 11) is 0. The third kappa shape index (κ3) is 2.55. The van der Waals surface area contributed by atoms with Gasteiger partial charge in [-0.2, -0.15) is 0 Å². The lowest BCUT2D eigenvalue weighted by molar-refractivity contribution is -0.141. The maximum Gasteiger partial charge on any atom is 0.325 e. The van der Waals surface area contributed by atoms with Crippen molar-refractivity contribution in [3.05, 3.63) is 33.8 Å². The molecule has 4 nitrogen and oxygen atoms in total. The standard InChI is InChI=1S/C13H13Cl2NO3/c1-7(11(17)18)16-12(19)13(5-6-13)10-8(14)3-2-4-9(10)15/h2-4,7H,5-6H2,1H3,(H,16,19)(H,17,18)/t7-/m1/s1. The minimum Gasteiger partial charge on any atom is -0.480 e. The molecule has 0 radical (unpaired) electrons. The third-order valence-electron chi connectivity index (χ3n) is 3.34. The van der Waals surface area contributed by atoms with Crippen LogP contribution in [0.2, 0.25) is 10.0 Å². The minimum atomic E-state index is -1.07. The van der Waals surface area contributed by atoms with Crippen molar-refractivity contribution in [2.24, 2.45) is 0 Å². The van der Waals surface area contributed by atoms with Crippen molar-refractivity contribution in [3.63, 3.8) is 0 Å². The van der Waals surface area contributed by atoms with E-state index in [1.54, 1.807) is 18.2 Å². The fraction of sp³-hybridized carbons (Fsp3) is 0.385. The molecule has 1 aliphatic rings. The second-order valence-corrected chi connectivity index (χ2v) is 5.53. The molecule has 0 spiro atoms. The van der Waals surface area contributed by atoms with Gasteiger partial charge in [0.25, 0.3) is 0 Å². The van der Waals surface area contributed by atoms with E-state index in [9.17, 15) is 9.59 Å². The quantitative estimate of drug-likeness (QED) is 0.898. The number of aliphatic carboxylic acids is 1. The van der Waals surface area contributed by atoms with Crippen molar-refractivity contribution in [3.8, 4) is 0 Å². The zero-order chi connectivity index (χ0) is 14.2. The molecule has 6 heteroatoms. The molecule has 1 saturated carbocycles. The Kier molecular flexibility index (Phi) is 3.74. The molecule has 0 aliphatic heterocycles. The number of rotatable bonds is 4. The van der Waals surface area contributed by atoms with Gasteiger partial charge in [-0.25, -0.2) is 0 Å². The van der Waals surface area contributed by atoms with Gasteiger partial charge >= 0.3 is 5.97 Å². The van der Waals surface area contributed by atoms with E-state index in [1.165, 1.54) is 6.92 Å². The molecule has 2 rings (SSSR count). The number of carboxylic acid groups (broad SMARTS) is 1. The van der Waals surface area contributed by atoms with E-state index in [1.807, 2.05) is 0 Å². The van der Waals surface area contributed by atoms with Crippen molar-refractivity contribution in [1.29, 1.82) is 0 Å². The molecule has 0 heterocycles. The first-order valence-corrected chi connectivity index (χ1v) is 6.62. The number of halogens is 2. The van der Waals surface area contributed by atoms with E-state index >= 15 is 0 Å². The van der Waals surface area contributed by atoms with Crippen LogP contribution in [-0.2, 0) is 15.0 Å². The SMILES string of the molecule is C[C@@H](NC(=O)C1(c2c(Cl)cccc2Cl)CC1)C(=O)O. The number of carboxylic acids is 1. The Labute approximate surface area is 120 Å². The summed E-state index contributed by atoms with van der Waals surface area (Å²) in [5, 5.41) is 12.2. The Morgan fingerprint density at radius 1 is 1.32 bits per heavy atom. The molecule has 0 bridgehead atoms. The molecule has 1 aromatic rings. The minimum absolute atomic E-state index is 0.336. The van der Waals surface area contributed by atoms with Crippen LogP contribution >= 0.6 is 23.2 Å². The fourth-order valence-corrected chi connectivity index (χ4v) is 2.83. The fourth-order valence-electron chi connectivity index (χ4n) is 2.07. The normalized spacial score (nSPS) is 17.6. The van der Waals surface area contributed by atoms with Crippen LogP contribution in [0.4, 0.5) is 0 Å². The number of nitrogens with one attached hydrogen (secondary N) is 1.